The third-order valence-corrected chi connectivity index (χ3v) is 4.39. The number of ether oxygens (including phenoxy) is 1. The Bertz CT molecular complexity index is 611. The van der Waals surface area contributed by atoms with Gasteiger partial charge in [-0.3, -0.25) is 4.79 Å². The number of hydrogen-bond acceptors (Lipinski definition) is 4. The fraction of sp³-hybridized carbons (Fsp3) is 0.286. The Morgan fingerprint density at radius 1 is 1.47 bits per heavy atom. The van der Waals surface area contributed by atoms with Crippen molar-refractivity contribution < 1.29 is 9.53 Å². The van der Waals surface area contributed by atoms with Crippen LogP contribution < -0.4 is 4.74 Å². The molecule has 98 valence electrons. The van der Waals surface area contributed by atoms with Gasteiger partial charge in [0.2, 0.25) is 0 Å². The van der Waals surface area contributed by atoms with Crippen molar-refractivity contribution in [1.29, 1.82) is 0 Å². The number of Topliss-reactive ketones (excluding diaryl/α,β-unsaturated/α-hetero) is 1. The first kappa shape index (κ1) is 12.6. The Hall–Kier alpha value is -1.39. The number of para-hydroxylation sites is 1. The minimum absolute atomic E-state index is 0.0203. The van der Waals surface area contributed by atoms with Crippen molar-refractivity contribution >= 4 is 28.7 Å². The molecule has 0 N–H and O–H groups in total. The molecule has 3 nitrogen and oxygen atoms in total. The van der Waals surface area contributed by atoms with E-state index in [2.05, 4.69) is 11.1 Å². The molecule has 0 saturated heterocycles. The van der Waals surface area contributed by atoms with E-state index in [1.165, 1.54) is 11.3 Å². The minimum Gasteiger partial charge on any atom is -0.493 e. The van der Waals surface area contributed by atoms with Gasteiger partial charge in [-0.2, -0.15) is 0 Å². The second kappa shape index (κ2) is 5.31. The van der Waals surface area contributed by atoms with Crippen LogP contribution in [0.1, 0.15) is 33.4 Å². The highest BCUT2D eigenvalue weighted by atomic mass is 35.5. The van der Waals surface area contributed by atoms with Crippen LogP contribution >= 0.6 is 22.9 Å². The second-order valence-electron chi connectivity index (χ2n) is 4.36. The third kappa shape index (κ3) is 2.38. The summed E-state index contributed by atoms with van der Waals surface area (Å²) in [5, 5.41) is 2.75. The van der Waals surface area contributed by atoms with Crippen molar-refractivity contribution in [3.05, 3.63) is 45.9 Å². The van der Waals surface area contributed by atoms with Gasteiger partial charge in [0, 0.05) is 16.9 Å². The maximum atomic E-state index is 11.5. The van der Waals surface area contributed by atoms with Crippen LogP contribution in [0.4, 0.5) is 0 Å². The SMILES string of the molecule is O=C(CCl)c1csc(C2CCOc3ccccc32)n1. The normalized spacial score (nSPS) is 17.6. The Morgan fingerprint density at radius 3 is 3.16 bits per heavy atom. The highest BCUT2D eigenvalue weighted by Crippen LogP contribution is 2.38. The number of benzene rings is 1. The topological polar surface area (TPSA) is 39.2 Å². The van der Waals surface area contributed by atoms with Gasteiger partial charge in [0.05, 0.1) is 12.5 Å². The molecule has 3 rings (SSSR count). The van der Waals surface area contributed by atoms with E-state index in [0.717, 1.165) is 22.7 Å². The molecule has 0 spiro atoms. The molecule has 5 heteroatoms. The fourth-order valence-electron chi connectivity index (χ4n) is 2.24. The van der Waals surface area contributed by atoms with Crippen molar-refractivity contribution in [3.8, 4) is 5.75 Å². The van der Waals surface area contributed by atoms with Crippen molar-refractivity contribution in [3.63, 3.8) is 0 Å². The molecule has 1 aromatic carbocycles. The standard InChI is InChI=1S/C14H12ClNO2S/c15-7-12(17)11-8-19-14(16-11)10-5-6-18-13-4-2-1-3-9(10)13/h1-4,8,10H,5-7H2. The Kier molecular flexibility index (Phi) is 3.53. The number of carbonyl (C=O) groups is 1. The number of aromatic nitrogens is 1. The van der Waals surface area contributed by atoms with Crippen LogP contribution in [0, 0.1) is 0 Å². The Labute approximate surface area is 120 Å². The third-order valence-electron chi connectivity index (χ3n) is 3.19. The van der Waals surface area contributed by atoms with Gasteiger partial charge >= 0.3 is 0 Å². The molecule has 0 saturated carbocycles. The number of carbonyl (C=O) groups excluding carboxylic acids is 1. The quantitative estimate of drug-likeness (QED) is 0.642. The largest absolute Gasteiger partial charge is 0.493 e. The lowest BCUT2D eigenvalue weighted by atomic mass is 9.94. The molecule has 1 atom stereocenters. The molecule has 0 bridgehead atoms. The predicted octanol–water partition coefficient (Wildman–Crippen LogP) is 3.48. The Morgan fingerprint density at radius 2 is 2.32 bits per heavy atom. The van der Waals surface area contributed by atoms with E-state index >= 15 is 0 Å². The Balaban J connectivity index is 1.95. The summed E-state index contributed by atoms with van der Waals surface area (Å²) in [5.74, 6) is 0.989. The van der Waals surface area contributed by atoms with Gasteiger partial charge in [-0.1, -0.05) is 18.2 Å². The number of rotatable bonds is 3. The summed E-state index contributed by atoms with van der Waals surface area (Å²) in [5.41, 5.74) is 1.62. The summed E-state index contributed by atoms with van der Waals surface area (Å²) in [6, 6.07) is 7.99. The van der Waals surface area contributed by atoms with E-state index in [9.17, 15) is 4.79 Å². The van der Waals surface area contributed by atoms with Gasteiger partial charge in [0.25, 0.3) is 0 Å². The average Bonchev–Trinajstić information content (AvgIpc) is 2.95. The van der Waals surface area contributed by atoms with Gasteiger partial charge in [-0.25, -0.2) is 4.98 Å². The zero-order valence-corrected chi connectivity index (χ0v) is 11.7. The molecule has 0 aliphatic carbocycles. The van der Waals surface area contributed by atoms with Crippen molar-refractivity contribution in [2.45, 2.75) is 12.3 Å². The molecule has 19 heavy (non-hydrogen) atoms. The lowest BCUT2D eigenvalue weighted by molar-refractivity contribution is 0.101. The summed E-state index contributed by atoms with van der Waals surface area (Å²) in [7, 11) is 0. The number of ketones is 1. The molecule has 0 fully saturated rings. The second-order valence-corrected chi connectivity index (χ2v) is 5.51. The van der Waals surface area contributed by atoms with Crippen LogP contribution in [0.5, 0.6) is 5.75 Å². The van der Waals surface area contributed by atoms with E-state index in [1.807, 2.05) is 18.2 Å². The van der Waals surface area contributed by atoms with E-state index in [-0.39, 0.29) is 17.6 Å². The minimum atomic E-state index is -0.121. The van der Waals surface area contributed by atoms with Gasteiger partial charge in [-0.15, -0.1) is 22.9 Å². The van der Waals surface area contributed by atoms with Gasteiger partial charge in [0.15, 0.2) is 5.78 Å². The zero-order valence-electron chi connectivity index (χ0n) is 10.1. The number of hydrogen-bond donors (Lipinski definition) is 0. The number of fused-ring (bicyclic) bond motifs is 1. The molecule has 1 unspecified atom stereocenters. The lowest BCUT2D eigenvalue weighted by Gasteiger charge is -2.24. The number of alkyl halides is 1. The summed E-state index contributed by atoms with van der Waals surface area (Å²) in [6.07, 6.45) is 0.888. The van der Waals surface area contributed by atoms with Crippen LogP contribution in [-0.2, 0) is 0 Å². The zero-order chi connectivity index (χ0) is 13.2. The number of thiazole rings is 1. The molecular formula is C14H12ClNO2S. The first-order valence-electron chi connectivity index (χ1n) is 6.06. The van der Waals surface area contributed by atoms with E-state index < -0.39 is 0 Å². The van der Waals surface area contributed by atoms with E-state index in [4.69, 9.17) is 16.3 Å². The first-order valence-corrected chi connectivity index (χ1v) is 7.47. The molecule has 2 aromatic rings. The van der Waals surface area contributed by atoms with Gasteiger partial charge < -0.3 is 4.74 Å². The molecule has 1 aliphatic heterocycles. The first-order chi connectivity index (χ1) is 9.29. The van der Waals surface area contributed by atoms with E-state index in [1.54, 1.807) is 5.38 Å². The average molecular weight is 294 g/mol. The highest BCUT2D eigenvalue weighted by Gasteiger charge is 2.25. The monoisotopic (exact) mass is 293 g/mol. The maximum Gasteiger partial charge on any atom is 0.196 e. The summed E-state index contributed by atoms with van der Waals surface area (Å²) in [4.78, 5) is 16.0. The fourth-order valence-corrected chi connectivity index (χ4v) is 3.36. The molecule has 0 amide bonds. The van der Waals surface area contributed by atoms with Gasteiger partial charge in [0.1, 0.15) is 16.5 Å². The number of nitrogens with zero attached hydrogens (tertiary/aromatic N) is 1. The summed E-state index contributed by atoms with van der Waals surface area (Å²) < 4.78 is 5.64. The predicted molar refractivity (Wildman–Crippen MR) is 75.6 cm³/mol. The van der Waals surface area contributed by atoms with E-state index in [0.29, 0.717) is 12.3 Å². The van der Waals surface area contributed by atoms with Crippen molar-refractivity contribution in [1.82, 2.24) is 4.98 Å². The molecule has 1 aromatic heterocycles. The number of halogens is 1. The van der Waals surface area contributed by atoms with Crippen LogP contribution in [0.2, 0.25) is 0 Å². The summed E-state index contributed by atoms with van der Waals surface area (Å²) >= 11 is 7.07. The van der Waals surface area contributed by atoms with Crippen LogP contribution in [0.15, 0.2) is 29.6 Å². The van der Waals surface area contributed by atoms with Crippen LogP contribution in [-0.4, -0.2) is 23.3 Å². The van der Waals surface area contributed by atoms with Crippen LogP contribution in [0.25, 0.3) is 0 Å². The molecule has 2 heterocycles. The van der Waals surface area contributed by atoms with Crippen molar-refractivity contribution in [2.24, 2.45) is 0 Å². The molecule has 0 radical (unpaired) electrons. The molecular weight excluding hydrogens is 282 g/mol. The lowest BCUT2D eigenvalue weighted by Crippen LogP contribution is -2.15. The smallest absolute Gasteiger partial charge is 0.196 e. The van der Waals surface area contributed by atoms with Gasteiger partial charge in [-0.05, 0) is 12.5 Å². The van der Waals surface area contributed by atoms with Crippen LogP contribution in [0.3, 0.4) is 0 Å². The summed E-state index contributed by atoms with van der Waals surface area (Å²) in [6.45, 7) is 0.681. The van der Waals surface area contributed by atoms with Crippen molar-refractivity contribution in [2.75, 3.05) is 12.5 Å². The maximum absolute atomic E-state index is 11.5. The highest BCUT2D eigenvalue weighted by molar-refractivity contribution is 7.10. The molecule has 1 aliphatic rings.